The van der Waals surface area contributed by atoms with E-state index in [4.69, 9.17) is 23.7 Å². The number of esters is 1. The minimum absolute atomic E-state index is 0.00593. The maximum absolute atomic E-state index is 14.2. The lowest BCUT2D eigenvalue weighted by molar-refractivity contribution is -0.790. The number of aryl methyl sites for hydroxylation is 2. The Morgan fingerprint density at radius 3 is 1.94 bits per heavy atom. The van der Waals surface area contributed by atoms with Gasteiger partial charge in [0.25, 0.3) is 16.0 Å². The molecule has 0 aliphatic carbocycles. The minimum Gasteiger partial charge on any atom is -0.444 e. The number of benzene rings is 2. The number of unbranched alkanes of at least 4 members (excludes halogenated alkanes) is 1. The highest BCUT2D eigenvalue weighted by Crippen LogP contribution is 2.39. The van der Waals surface area contributed by atoms with Crippen LogP contribution < -0.4 is 4.74 Å². The third-order valence-electron chi connectivity index (χ3n) is 6.91. The monoisotopic (exact) mass is 686 g/mol. The van der Waals surface area contributed by atoms with Crippen LogP contribution in [0.25, 0.3) is 0 Å². The summed E-state index contributed by atoms with van der Waals surface area (Å²) >= 11 is 0. The minimum atomic E-state index is -1.88. The first kappa shape index (κ1) is 37.9. The van der Waals surface area contributed by atoms with Gasteiger partial charge in [0.1, 0.15) is 12.7 Å². The molecule has 264 valence electrons. The number of aromatic nitrogens is 2. The molecule has 17 heteroatoms. The maximum atomic E-state index is 14.2. The summed E-state index contributed by atoms with van der Waals surface area (Å²) in [5.41, 5.74) is 0.676. The molecule has 0 aliphatic rings. The Kier molecular flexibility index (Phi) is 13.6. The fourth-order valence-electron chi connectivity index (χ4n) is 4.94. The fraction of sp³-hybridized carbons (Fsp3) is 0.438. The smallest absolute Gasteiger partial charge is 0.444 e. The predicted molar refractivity (Wildman–Crippen MR) is 168 cm³/mol. The number of nitrogens with zero attached hydrogens (tertiary/aromatic N) is 4. The molecule has 0 spiro atoms. The Morgan fingerprint density at radius 2 is 1.43 bits per heavy atom. The molecule has 49 heavy (non-hydrogen) atoms. The van der Waals surface area contributed by atoms with Gasteiger partial charge in [-0.25, -0.2) is 19.6 Å². The van der Waals surface area contributed by atoms with Crippen molar-refractivity contribution < 1.29 is 53.1 Å². The molecule has 3 aromatic rings. The molecule has 2 aromatic carbocycles. The van der Waals surface area contributed by atoms with Crippen LogP contribution in [0.1, 0.15) is 55.6 Å². The molecule has 0 fully saturated rings. The van der Waals surface area contributed by atoms with Crippen LogP contribution in [-0.2, 0) is 39.0 Å². The highest BCUT2D eigenvalue weighted by molar-refractivity contribution is 5.79. The third-order valence-corrected chi connectivity index (χ3v) is 6.91. The molecule has 3 rings (SSSR count). The zero-order chi connectivity index (χ0) is 36.0. The first-order valence-corrected chi connectivity index (χ1v) is 15.1. The van der Waals surface area contributed by atoms with E-state index in [1.54, 1.807) is 68.4 Å². The molecule has 17 nitrogen and oxygen atoms in total. The number of rotatable bonds is 19. The van der Waals surface area contributed by atoms with Gasteiger partial charge < -0.3 is 33.4 Å². The summed E-state index contributed by atoms with van der Waals surface area (Å²) in [5.74, 6) is -2.86. The van der Waals surface area contributed by atoms with E-state index in [1.165, 1.54) is 21.0 Å². The van der Waals surface area contributed by atoms with Crippen LogP contribution in [0, 0.1) is 34.1 Å². The second-order valence-electron chi connectivity index (χ2n) is 11.1. The topological polar surface area (TPSA) is 211 Å². The predicted octanol–water partition coefficient (Wildman–Crippen LogP) is 4.82. The van der Waals surface area contributed by atoms with Crippen LogP contribution >= 0.6 is 0 Å². The van der Waals surface area contributed by atoms with Gasteiger partial charge in [0.2, 0.25) is 6.10 Å². The molecule has 0 amide bonds. The van der Waals surface area contributed by atoms with Gasteiger partial charge in [-0.15, -0.1) is 20.2 Å². The van der Waals surface area contributed by atoms with Crippen LogP contribution in [-0.4, -0.2) is 70.6 Å². The van der Waals surface area contributed by atoms with E-state index in [0.29, 0.717) is 22.5 Å². The highest BCUT2D eigenvalue weighted by Gasteiger charge is 2.51. The van der Waals surface area contributed by atoms with Crippen LogP contribution in [0.2, 0.25) is 0 Å². The second-order valence-corrected chi connectivity index (χ2v) is 11.1. The molecule has 1 heterocycles. The van der Waals surface area contributed by atoms with Crippen LogP contribution in [0.5, 0.6) is 6.01 Å². The van der Waals surface area contributed by atoms with Crippen molar-refractivity contribution in [2.24, 2.45) is 0 Å². The van der Waals surface area contributed by atoms with Crippen molar-refractivity contribution in [1.29, 1.82) is 0 Å². The molecule has 0 saturated heterocycles. The standard InChI is InChI=1S/C32H38N4O13/c1-22-20-23(2)34-29(33-22)46-27(32(43-5,24-14-8-6-9-15-24)25-16-10-7-11-17-25)28(37)47-31(3,4)48-30(38)44-19-13-12-18-26(49-36(41)42)21-45-35(39)40/h6-11,14-17,20,26-27H,12-13,18-19,21H2,1-5H3/t26?,27-/m1/s1. The lowest BCUT2D eigenvalue weighted by Gasteiger charge is -2.39. The van der Waals surface area contributed by atoms with Crippen molar-refractivity contribution in [3.05, 3.63) is 109 Å². The van der Waals surface area contributed by atoms with Crippen LogP contribution in [0.3, 0.4) is 0 Å². The Balaban J connectivity index is 1.78. The van der Waals surface area contributed by atoms with E-state index in [1.807, 2.05) is 12.1 Å². The van der Waals surface area contributed by atoms with Crippen LogP contribution in [0.4, 0.5) is 4.79 Å². The normalized spacial score (nSPS) is 12.6. The van der Waals surface area contributed by atoms with E-state index in [9.17, 15) is 29.8 Å². The van der Waals surface area contributed by atoms with Crippen molar-refractivity contribution >= 4 is 12.1 Å². The molecule has 1 unspecified atom stereocenters. The van der Waals surface area contributed by atoms with Gasteiger partial charge in [-0.1, -0.05) is 60.7 Å². The second kappa shape index (κ2) is 17.5. The summed E-state index contributed by atoms with van der Waals surface area (Å²) in [5, 5.41) is 18.9. The number of hydrogen-bond acceptors (Lipinski definition) is 15. The Hall–Kier alpha value is -5.58. The van der Waals surface area contributed by atoms with Gasteiger partial charge in [-0.3, -0.25) is 0 Å². The average molecular weight is 687 g/mol. The fourth-order valence-corrected chi connectivity index (χ4v) is 4.94. The number of ether oxygens (including phenoxy) is 5. The van der Waals surface area contributed by atoms with Gasteiger partial charge in [0.15, 0.2) is 5.60 Å². The Bertz CT molecular complexity index is 1500. The Morgan fingerprint density at radius 1 is 0.857 bits per heavy atom. The molecule has 0 radical (unpaired) electrons. The quantitative estimate of drug-likeness (QED) is 0.0544. The largest absolute Gasteiger partial charge is 0.511 e. The lowest BCUT2D eigenvalue weighted by atomic mass is 9.81. The third kappa shape index (κ3) is 11.3. The summed E-state index contributed by atoms with van der Waals surface area (Å²) in [7, 11) is 1.42. The van der Waals surface area contributed by atoms with E-state index >= 15 is 0 Å². The molecule has 2 atom stereocenters. The zero-order valence-electron chi connectivity index (χ0n) is 27.6. The highest BCUT2D eigenvalue weighted by atomic mass is 17.0. The number of hydrogen-bond donors (Lipinski definition) is 0. The molecule has 0 bridgehead atoms. The van der Waals surface area contributed by atoms with Crippen molar-refractivity contribution in [3.8, 4) is 6.01 Å². The summed E-state index contributed by atoms with van der Waals surface area (Å²) in [6, 6.07) is 19.4. The number of carbonyl (C=O) groups is 2. The molecule has 1 aromatic heterocycles. The summed E-state index contributed by atoms with van der Waals surface area (Å²) in [6.07, 6.45) is -3.51. The van der Waals surface area contributed by atoms with Gasteiger partial charge in [-0.2, -0.15) is 0 Å². The Labute approximate surface area is 281 Å². The van der Waals surface area contributed by atoms with E-state index in [2.05, 4.69) is 19.6 Å². The van der Waals surface area contributed by atoms with Crippen molar-refractivity contribution in [1.82, 2.24) is 9.97 Å². The zero-order valence-corrected chi connectivity index (χ0v) is 27.6. The first-order chi connectivity index (χ1) is 23.3. The van der Waals surface area contributed by atoms with Crippen molar-refractivity contribution in [2.45, 2.75) is 70.6 Å². The summed E-state index contributed by atoms with van der Waals surface area (Å²) < 4.78 is 28.5. The molecule has 0 saturated carbocycles. The first-order valence-electron chi connectivity index (χ1n) is 15.1. The summed E-state index contributed by atoms with van der Waals surface area (Å²) in [4.78, 5) is 65.0. The maximum Gasteiger partial charge on any atom is 0.511 e. The van der Waals surface area contributed by atoms with Gasteiger partial charge >= 0.3 is 18.1 Å². The van der Waals surface area contributed by atoms with E-state index in [0.717, 1.165) is 0 Å². The average Bonchev–Trinajstić information content (AvgIpc) is 3.03. The van der Waals surface area contributed by atoms with E-state index in [-0.39, 0.29) is 31.9 Å². The van der Waals surface area contributed by atoms with Gasteiger partial charge in [0.05, 0.1) is 6.61 Å². The van der Waals surface area contributed by atoms with Crippen molar-refractivity contribution in [2.75, 3.05) is 20.3 Å². The SMILES string of the molecule is COC(c1ccccc1)(c1ccccc1)[C@H](Oc1nc(C)cc(C)n1)C(=O)OC(C)(C)OC(=O)OCCCCC(CO[N+](=O)[O-])O[N+](=O)[O-]. The number of carbonyl (C=O) groups excluding carboxylic acids is 2. The van der Waals surface area contributed by atoms with Gasteiger partial charge in [0, 0.05) is 32.3 Å². The molecule has 0 N–H and O–H groups in total. The lowest BCUT2D eigenvalue weighted by Crippen LogP contribution is -2.53. The molecular formula is C32H38N4O13. The van der Waals surface area contributed by atoms with Gasteiger partial charge in [-0.05, 0) is 50.3 Å². The number of methoxy groups -OCH3 is 1. The van der Waals surface area contributed by atoms with Crippen molar-refractivity contribution in [3.63, 3.8) is 0 Å². The van der Waals surface area contributed by atoms with E-state index < -0.39 is 52.5 Å². The molecular weight excluding hydrogens is 648 g/mol. The summed E-state index contributed by atoms with van der Waals surface area (Å²) in [6.45, 7) is 5.32. The van der Waals surface area contributed by atoms with Crippen LogP contribution in [0.15, 0.2) is 66.7 Å². The molecule has 0 aliphatic heterocycles.